The molecule has 2 heteroatoms. The number of aryl methyl sites for hydroxylation is 6. The van der Waals surface area contributed by atoms with E-state index in [1.165, 1.54) is 55.4 Å². The van der Waals surface area contributed by atoms with Crippen LogP contribution in [0.15, 0.2) is 36.4 Å². The minimum Gasteiger partial charge on any atom is -0.345 e. The number of rotatable bonds is 2. The maximum atomic E-state index is 2.48. The first-order chi connectivity index (χ1) is 12.6. The Kier molecular flexibility index (Phi) is 3.34. The lowest BCUT2D eigenvalue weighted by molar-refractivity contribution is 0.758. The van der Waals surface area contributed by atoms with Gasteiger partial charge in [0.05, 0.1) is 11.0 Å². The van der Waals surface area contributed by atoms with Gasteiger partial charge in [0, 0.05) is 35.2 Å². The van der Waals surface area contributed by atoms with Gasteiger partial charge in [0.15, 0.2) is 0 Å². The quantitative estimate of drug-likeness (QED) is 0.422. The van der Waals surface area contributed by atoms with Gasteiger partial charge in [-0.1, -0.05) is 24.3 Å². The number of hydrogen-bond acceptors (Lipinski definition) is 0. The zero-order valence-corrected chi connectivity index (χ0v) is 16.2. The van der Waals surface area contributed by atoms with E-state index in [1.807, 2.05) is 0 Å². The van der Waals surface area contributed by atoms with Gasteiger partial charge in [-0.05, 0) is 74.9 Å². The second-order valence-corrected chi connectivity index (χ2v) is 7.62. The van der Waals surface area contributed by atoms with Gasteiger partial charge in [-0.2, -0.15) is 0 Å². The number of aromatic nitrogens is 2. The second kappa shape index (κ2) is 5.51. The lowest BCUT2D eigenvalue weighted by atomic mass is 9.83. The molecule has 26 heavy (non-hydrogen) atoms. The van der Waals surface area contributed by atoms with Crippen molar-refractivity contribution in [1.29, 1.82) is 0 Å². The van der Waals surface area contributed by atoms with Crippen LogP contribution in [-0.4, -0.2) is 9.13 Å². The van der Waals surface area contributed by atoms with Crippen LogP contribution in [0, 0.1) is 13.8 Å². The van der Waals surface area contributed by atoms with Crippen LogP contribution >= 0.6 is 0 Å². The van der Waals surface area contributed by atoms with Crippen LogP contribution in [0.3, 0.4) is 0 Å². The van der Waals surface area contributed by atoms with Gasteiger partial charge in [-0.3, -0.25) is 0 Å². The molecule has 2 aromatic heterocycles. The van der Waals surface area contributed by atoms with Crippen LogP contribution < -0.4 is 0 Å². The molecule has 0 spiro atoms. The zero-order valence-electron chi connectivity index (χ0n) is 16.2. The largest absolute Gasteiger partial charge is 0.345 e. The summed E-state index contributed by atoms with van der Waals surface area (Å²) in [5.74, 6) is 0. The van der Waals surface area contributed by atoms with Gasteiger partial charge in [0.1, 0.15) is 0 Å². The molecule has 0 atom stereocenters. The van der Waals surface area contributed by atoms with Crippen LogP contribution in [0.25, 0.3) is 32.9 Å². The minimum absolute atomic E-state index is 1.04. The number of nitrogens with zero attached hydrogens (tertiary/aromatic N) is 2. The summed E-state index contributed by atoms with van der Waals surface area (Å²) in [5, 5.41) is 2.78. The van der Waals surface area contributed by atoms with Gasteiger partial charge < -0.3 is 9.13 Å². The summed E-state index contributed by atoms with van der Waals surface area (Å²) in [7, 11) is 0. The fourth-order valence-corrected chi connectivity index (χ4v) is 5.21. The van der Waals surface area contributed by atoms with E-state index in [1.54, 1.807) is 0 Å². The summed E-state index contributed by atoms with van der Waals surface area (Å²) in [6.45, 7) is 11.0. The lowest BCUT2D eigenvalue weighted by Gasteiger charge is -2.23. The van der Waals surface area contributed by atoms with Gasteiger partial charge in [0.25, 0.3) is 0 Å². The zero-order chi connectivity index (χ0) is 18.0. The maximum absolute atomic E-state index is 2.48. The highest BCUT2D eigenvalue weighted by Gasteiger charge is 2.23. The van der Waals surface area contributed by atoms with Gasteiger partial charge in [-0.25, -0.2) is 0 Å². The molecule has 2 aromatic carbocycles. The molecule has 1 aliphatic rings. The standard InChI is InChI=1S/C24H26N2/c1-5-25-15(3)13-17-7-9-19-20-10-8-18-14-16(4)26(6-2)24(18)22(20)12-11-21(19)23(17)25/h7-10,13-14H,5-6,11-12H2,1-4H3. The van der Waals surface area contributed by atoms with E-state index in [0.29, 0.717) is 0 Å². The van der Waals surface area contributed by atoms with E-state index in [2.05, 4.69) is 73.2 Å². The lowest BCUT2D eigenvalue weighted by Crippen LogP contribution is -2.09. The summed E-state index contributed by atoms with van der Waals surface area (Å²) >= 11 is 0. The van der Waals surface area contributed by atoms with Gasteiger partial charge in [-0.15, -0.1) is 0 Å². The molecule has 0 bridgehead atoms. The highest BCUT2D eigenvalue weighted by Crippen LogP contribution is 2.41. The number of hydrogen-bond donors (Lipinski definition) is 0. The Bertz CT molecular complexity index is 1080. The van der Waals surface area contributed by atoms with Crippen LogP contribution in [0.5, 0.6) is 0 Å². The molecule has 0 unspecified atom stereocenters. The van der Waals surface area contributed by atoms with Gasteiger partial charge in [0.2, 0.25) is 0 Å². The van der Waals surface area contributed by atoms with E-state index in [0.717, 1.165) is 25.9 Å². The molecule has 0 radical (unpaired) electrons. The van der Waals surface area contributed by atoms with Crippen molar-refractivity contribution in [1.82, 2.24) is 9.13 Å². The van der Waals surface area contributed by atoms with E-state index < -0.39 is 0 Å². The molecule has 0 amide bonds. The molecule has 132 valence electrons. The highest BCUT2D eigenvalue weighted by molar-refractivity contribution is 5.97. The first-order valence-electron chi connectivity index (χ1n) is 9.87. The van der Waals surface area contributed by atoms with E-state index >= 15 is 0 Å². The third-order valence-corrected chi connectivity index (χ3v) is 6.30. The first kappa shape index (κ1) is 15.7. The van der Waals surface area contributed by atoms with Crippen molar-refractivity contribution in [3.63, 3.8) is 0 Å². The number of benzene rings is 2. The summed E-state index contributed by atoms with van der Waals surface area (Å²) < 4.78 is 4.97. The predicted octanol–water partition coefficient (Wildman–Crippen LogP) is 6.02. The molecule has 4 aromatic rings. The van der Waals surface area contributed by atoms with Crippen molar-refractivity contribution in [3.8, 4) is 11.1 Å². The normalized spacial score (nSPS) is 13.4. The molecule has 0 N–H and O–H groups in total. The fraction of sp³-hybridized carbons (Fsp3) is 0.333. The first-order valence-corrected chi connectivity index (χ1v) is 9.87. The van der Waals surface area contributed by atoms with Crippen molar-refractivity contribution in [2.75, 3.05) is 0 Å². The Morgan fingerprint density at radius 3 is 1.50 bits per heavy atom. The Morgan fingerprint density at radius 1 is 0.692 bits per heavy atom. The Balaban J connectivity index is 1.85. The molecule has 2 heterocycles. The van der Waals surface area contributed by atoms with Crippen LogP contribution in [0.2, 0.25) is 0 Å². The summed E-state index contributed by atoms with van der Waals surface area (Å²) in [4.78, 5) is 0. The highest BCUT2D eigenvalue weighted by atomic mass is 15.0. The topological polar surface area (TPSA) is 9.86 Å². The van der Waals surface area contributed by atoms with Crippen molar-refractivity contribution in [2.24, 2.45) is 0 Å². The van der Waals surface area contributed by atoms with Gasteiger partial charge >= 0.3 is 0 Å². The van der Waals surface area contributed by atoms with Crippen molar-refractivity contribution in [2.45, 2.75) is 53.6 Å². The molecular weight excluding hydrogens is 316 g/mol. The molecular formula is C24H26N2. The van der Waals surface area contributed by atoms with Crippen LogP contribution in [-0.2, 0) is 25.9 Å². The minimum atomic E-state index is 1.04. The summed E-state index contributed by atoms with van der Waals surface area (Å²) in [6.07, 6.45) is 2.27. The summed E-state index contributed by atoms with van der Waals surface area (Å²) in [5.41, 5.74) is 11.6. The SMILES string of the molecule is CCn1c(C)cc2ccc3c(c21)CCc1c-3ccc2cc(C)n(CC)c12. The summed E-state index contributed by atoms with van der Waals surface area (Å²) in [6, 6.07) is 14.0. The Labute approximate surface area is 155 Å². The monoisotopic (exact) mass is 342 g/mol. The average molecular weight is 342 g/mol. The Hall–Kier alpha value is -2.48. The van der Waals surface area contributed by atoms with Crippen molar-refractivity contribution >= 4 is 21.8 Å². The molecule has 5 rings (SSSR count). The molecule has 2 nitrogen and oxygen atoms in total. The second-order valence-electron chi connectivity index (χ2n) is 7.62. The molecule has 0 saturated carbocycles. The maximum Gasteiger partial charge on any atom is 0.0521 e. The van der Waals surface area contributed by atoms with Crippen molar-refractivity contribution < 1.29 is 0 Å². The third-order valence-electron chi connectivity index (χ3n) is 6.30. The average Bonchev–Trinajstić information content (AvgIpc) is 3.15. The molecule has 0 fully saturated rings. The van der Waals surface area contributed by atoms with Crippen LogP contribution in [0.4, 0.5) is 0 Å². The van der Waals surface area contributed by atoms with E-state index in [-0.39, 0.29) is 0 Å². The predicted molar refractivity (Wildman–Crippen MR) is 111 cm³/mol. The smallest absolute Gasteiger partial charge is 0.0521 e. The van der Waals surface area contributed by atoms with Crippen molar-refractivity contribution in [3.05, 3.63) is 58.9 Å². The van der Waals surface area contributed by atoms with Crippen LogP contribution in [0.1, 0.15) is 36.4 Å². The molecule has 1 aliphatic carbocycles. The fourth-order valence-electron chi connectivity index (χ4n) is 5.21. The van der Waals surface area contributed by atoms with E-state index in [4.69, 9.17) is 0 Å². The molecule has 0 saturated heterocycles. The van der Waals surface area contributed by atoms with E-state index in [9.17, 15) is 0 Å². The molecule has 0 aliphatic heterocycles. The Morgan fingerprint density at radius 2 is 1.12 bits per heavy atom. The number of fused-ring (bicyclic) bond motifs is 7. The third kappa shape index (κ3) is 1.93.